The lowest BCUT2D eigenvalue weighted by Gasteiger charge is -2.37. The van der Waals surface area contributed by atoms with Crippen molar-refractivity contribution in [2.24, 2.45) is 0 Å². The summed E-state index contributed by atoms with van der Waals surface area (Å²) >= 11 is 0. The SMILES string of the molecule is C=C1CC2CCC(C1)N2c1ccnc(OCCC)c1. The Kier molecular flexibility index (Phi) is 3.45. The molecule has 3 heteroatoms. The van der Waals surface area contributed by atoms with Crippen molar-refractivity contribution >= 4 is 5.69 Å². The number of hydrogen-bond acceptors (Lipinski definition) is 3. The van der Waals surface area contributed by atoms with Gasteiger partial charge in [-0.05, 0) is 38.2 Å². The first kappa shape index (κ1) is 12.5. The Morgan fingerprint density at radius 2 is 2.11 bits per heavy atom. The molecule has 3 heterocycles. The van der Waals surface area contributed by atoms with Gasteiger partial charge in [0.1, 0.15) is 0 Å². The van der Waals surface area contributed by atoms with Crippen molar-refractivity contribution in [1.82, 2.24) is 4.98 Å². The Bertz CT molecular complexity index is 456. The third-order valence-corrected chi connectivity index (χ3v) is 4.14. The van der Waals surface area contributed by atoms with Crippen LogP contribution in [-0.2, 0) is 0 Å². The van der Waals surface area contributed by atoms with Crippen LogP contribution in [0.4, 0.5) is 5.69 Å². The molecule has 2 aliphatic rings. The monoisotopic (exact) mass is 258 g/mol. The molecular formula is C16H22N2O. The maximum Gasteiger partial charge on any atom is 0.215 e. The molecule has 1 aromatic heterocycles. The number of ether oxygens (including phenoxy) is 1. The molecule has 0 saturated carbocycles. The molecule has 0 aromatic carbocycles. The number of hydrogen-bond donors (Lipinski definition) is 0. The minimum absolute atomic E-state index is 0.632. The van der Waals surface area contributed by atoms with Gasteiger partial charge in [-0.2, -0.15) is 0 Å². The summed E-state index contributed by atoms with van der Waals surface area (Å²) in [5.41, 5.74) is 2.68. The number of rotatable bonds is 4. The van der Waals surface area contributed by atoms with Crippen molar-refractivity contribution in [3.63, 3.8) is 0 Å². The van der Waals surface area contributed by atoms with Crippen LogP contribution in [0.25, 0.3) is 0 Å². The van der Waals surface area contributed by atoms with Crippen LogP contribution in [0.5, 0.6) is 5.88 Å². The first-order valence-corrected chi connectivity index (χ1v) is 7.31. The Morgan fingerprint density at radius 1 is 1.37 bits per heavy atom. The minimum atomic E-state index is 0.632. The standard InChI is InChI=1S/C16H22N2O/c1-3-8-19-16-11-15(6-7-17-16)18-13-4-5-14(18)10-12(2)9-13/h6-7,11,13-14H,2-5,8-10H2,1H3. The zero-order chi connectivity index (χ0) is 13.2. The van der Waals surface area contributed by atoms with E-state index in [0.29, 0.717) is 12.1 Å². The molecule has 3 nitrogen and oxygen atoms in total. The highest BCUT2D eigenvalue weighted by atomic mass is 16.5. The van der Waals surface area contributed by atoms with Crippen molar-refractivity contribution in [1.29, 1.82) is 0 Å². The van der Waals surface area contributed by atoms with Crippen LogP contribution in [0.15, 0.2) is 30.5 Å². The van der Waals surface area contributed by atoms with Crippen LogP contribution in [-0.4, -0.2) is 23.7 Å². The van der Waals surface area contributed by atoms with Crippen LogP contribution in [0.2, 0.25) is 0 Å². The first-order valence-electron chi connectivity index (χ1n) is 7.31. The van der Waals surface area contributed by atoms with Gasteiger partial charge in [0, 0.05) is 30.0 Å². The van der Waals surface area contributed by atoms with Crippen molar-refractivity contribution in [3.8, 4) is 5.88 Å². The Balaban J connectivity index is 1.80. The molecule has 19 heavy (non-hydrogen) atoms. The van der Waals surface area contributed by atoms with E-state index in [2.05, 4.69) is 35.5 Å². The summed E-state index contributed by atoms with van der Waals surface area (Å²) in [6.45, 7) is 7.03. The summed E-state index contributed by atoms with van der Waals surface area (Å²) in [6.07, 6.45) is 7.74. The summed E-state index contributed by atoms with van der Waals surface area (Å²) in [4.78, 5) is 6.86. The average Bonchev–Trinajstić information content (AvgIpc) is 2.69. The molecule has 0 aliphatic carbocycles. The maximum atomic E-state index is 5.64. The number of fused-ring (bicyclic) bond motifs is 2. The smallest absolute Gasteiger partial charge is 0.215 e. The second-order valence-corrected chi connectivity index (χ2v) is 5.65. The van der Waals surface area contributed by atoms with E-state index >= 15 is 0 Å². The van der Waals surface area contributed by atoms with Gasteiger partial charge in [-0.25, -0.2) is 4.98 Å². The molecule has 2 fully saturated rings. The van der Waals surface area contributed by atoms with Gasteiger partial charge in [0.2, 0.25) is 5.88 Å². The van der Waals surface area contributed by atoms with Gasteiger partial charge in [0.25, 0.3) is 0 Å². The van der Waals surface area contributed by atoms with Crippen molar-refractivity contribution in [3.05, 3.63) is 30.5 Å². The summed E-state index contributed by atoms with van der Waals surface area (Å²) in [5, 5.41) is 0. The van der Waals surface area contributed by atoms with Crippen LogP contribution in [0.1, 0.15) is 39.0 Å². The van der Waals surface area contributed by atoms with E-state index in [1.807, 2.05) is 6.20 Å². The second kappa shape index (κ2) is 5.24. The van der Waals surface area contributed by atoms with Gasteiger partial charge in [-0.3, -0.25) is 0 Å². The topological polar surface area (TPSA) is 25.4 Å². The van der Waals surface area contributed by atoms with E-state index in [-0.39, 0.29) is 0 Å². The summed E-state index contributed by atoms with van der Waals surface area (Å²) in [5.74, 6) is 0.753. The quantitative estimate of drug-likeness (QED) is 0.772. The minimum Gasteiger partial charge on any atom is -0.478 e. The van der Waals surface area contributed by atoms with Crippen molar-refractivity contribution in [2.45, 2.75) is 51.1 Å². The highest BCUT2D eigenvalue weighted by molar-refractivity contribution is 5.52. The van der Waals surface area contributed by atoms with Crippen molar-refractivity contribution < 1.29 is 4.74 Å². The third kappa shape index (κ3) is 2.46. The molecule has 0 amide bonds. The van der Waals surface area contributed by atoms with E-state index in [1.165, 1.54) is 24.1 Å². The highest BCUT2D eigenvalue weighted by Crippen LogP contribution is 2.41. The fourth-order valence-corrected chi connectivity index (χ4v) is 3.38. The molecule has 2 aliphatic heterocycles. The largest absolute Gasteiger partial charge is 0.478 e. The molecule has 1 aromatic rings. The predicted molar refractivity (Wildman–Crippen MR) is 77.7 cm³/mol. The Labute approximate surface area is 115 Å². The fourth-order valence-electron chi connectivity index (χ4n) is 3.38. The van der Waals surface area contributed by atoms with E-state index in [9.17, 15) is 0 Å². The summed E-state index contributed by atoms with van der Waals surface area (Å²) < 4.78 is 5.64. The molecule has 3 rings (SSSR count). The lowest BCUT2D eigenvalue weighted by Crippen LogP contribution is -2.40. The van der Waals surface area contributed by atoms with Crippen LogP contribution < -0.4 is 9.64 Å². The lowest BCUT2D eigenvalue weighted by atomic mass is 9.97. The number of aromatic nitrogens is 1. The third-order valence-electron chi connectivity index (χ3n) is 4.14. The number of nitrogens with zero attached hydrogens (tertiary/aromatic N) is 2. The van der Waals surface area contributed by atoms with E-state index < -0.39 is 0 Å². The average molecular weight is 258 g/mol. The van der Waals surface area contributed by atoms with Crippen LogP contribution in [0.3, 0.4) is 0 Å². The van der Waals surface area contributed by atoms with E-state index in [1.54, 1.807) is 0 Å². The van der Waals surface area contributed by atoms with Gasteiger partial charge < -0.3 is 9.64 Å². The molecule has 2 saturated heterocycles. The summed E-state index contributed by atoms with van der Waals surface area (Å²) in [6, 6.07) is 5.47. The normalized spacial score (nSPS) is 25.7. The van der Waals surface area contributed by atoms with E-state index in [4.69, 9.17) is 4.74 Å². The zero-order valence-electron chi connectivity index (χ0n) is 11.6. The fraction of sp³-hybridized carbons (Fsp3) is 0.562. The van der Waals surface area contributed by atoms with Crippen LogP contribution >= 0.6 is 0 Å². The summed E-state index contributed by atoms with van der Waals surface area (Å²) in [7, 11) is 0. The molecule has 2 bridgehead atoms. The molecule has 0 radical (unpaired) electrons. The van der Waals surface area contributed by atoms with Crippen LogP contribution in [0, 0.1) is 0 Å². The Hall–Kier alpha value is -1.51. The second-order valence-electron chi connectivity index (χ2n) is 5.65. The number of piperidine rings is 1. The predicted octanol–water partition coefficient (Wildman–Crippen LogP) is 3.56. The number of pyridine rings is 1. The lowest BCUT2D eigenvalue weighted by molar-refractivity contribution is 0.305. The highest BCUT2D eigenvalue weighted by Gasteiger charge is 2.38. The van der Waals surface area contributed by atoms with Gasteiger partial charge in [0.15, 0.2) is 0 Å². The molecule has 0 N–H and O–H groups in total. The van der Waals surface area contributed by atoms with E-state index in [0.717, 1.165) is 31.7 Å². The van der Waals surface area contributed by atoms with Gasteiger partial charge >= 0.3 is 0 Å². The van der Waals surface area contributed by atoms with Gasteiger partial charge in [-0.1, -0.05) is 19.1 Å². The molecule has 2 unspecified atom stereocenters. The van der Waals surface area contributed by atoms with Gasteiger partial charge in [-0.15, -0.1) is 0 Å². The van der Waals surface area contributed by atoms with Gasteiger partial charge in [0.05, 0.1) is 6.61 Å². The molecule has 0 spiro atoms. The molecular weight excluding hydrogens is 236 g/mol. The molecule has 2 atom stereocenters. The molecule has 102 valence electrons. The first-order chi connectivity index (χ1) is 9.28. The van der Waals surface area contributed by atoms with Crippen molar-refractivity contribution in [2.75, 3.05) is 11.5 Å². The Morgan fingerprint density at radius 3 is 2.79 bits per heavy atom. The number of anilines is 1. The zero-order valence-corrected chi connectivity index (χ0v) is 11.6. The maximum absolute atomic E-state index is 5.64.